The first kappa shape index (κ1) is 27.5. The molecule has 2 atom stereocenters. The molecule has 190 valence electrons. The van der Waals surface area contributed by atoms with Gasteiger partial charge in [0.15, 0.2) is 31.1 Å². The molecule has 0 spiro atoms. The van der Waals surface area contributed by atoms with Gasteiger partial charge in [0.05, 0.1) is 23.2 Å². The fraction of sp³-hybridized carbons (Fsp3) is 0.286. The lowest BCUT2D eigenvalue weighted by Gasteiger charge is -2.50. The highest BCUT2D eigenvalue weighted by atomic mass is 79.9. The van der Waals surface area contributed by atoms with Crippen LogP contribution in [0.25, 0.3) is 11.3 Å². The summed E-state index contributed by atoms with van der Waals surface area (Å²) in [7, 11) is 1.18. The third kappa shape index (κ3) is 5.37. The summed E-state index contributed by atoms with van der Waals surface area (Å²) < 4.78 is 7.03. The molecule has 2 amide bonds. The lowest BCUT2D eigenvalue weighted by molar-refractivity contribution is -0.689. The van der Waals surface area contributed by atoms with Gasteiger partial charge < -0.3 is 24.5 Å². The van der Waals surface area contributed by atoms with Gasteiger partial charge in [-0.15, -0.1) is 28.7 Å². The second-order valence-electron chi connectivity index (χ2n) is 7.40. The zero-order valence-corrected chi connectivity index (χ0v) is 22.7. The number of Topliss-reactive ketones (excluding diaryl/α,β-unsaturated/α-hetero) is 1. The van der Waals surface area contributed by atoms with Crippen LogP contribution in [0.15, 0.2) is 58.0 Å². The number of thioether (sulfide) groups is 1. The predicted molar refractivity (Wildman–Crippen MR) is 133 cm³/mol. The van der Waals surface area contributed by atoms with Gasteiger partial charge in [-0.3, -0.25) is 19.3 Å². The number of hydrogen-bond acceptors (Lipinski definition) is 10. The number of carbonyl (C=O) groups excluding carboxylic acids is 4. The lowest BCUT2D eigenvalue weighted by Crippen LogP contribution is -2.72. The van der Waals surface area contributed by atoms with E-state index in [1.165, 1.54) is 25.3 Å². The first-order valence-electron chi connectivity index (χ1n) is 10.1. The molecule has 4 heterocycles. The number of alkyl halides is 1. The second-order valence-corrected chi connectivity index (χ2v) is 9.07. The number of aliphatic carboxylic acids is 1. The summed E-state index contributed by atoms with van der Waals surface area (Å²) in [5.41, 5.74) is 0.562. The standard InChI is InChI=1S/C21H18BrN5O7S.BrH/c1-33-25-15(13(28)6-22)18(29)24-16-19(30)27-17(21(31)32)12(9-35-20(16)27)8-26-4-2-11(3-5-26)14-7-23-10-34-14;/h2-5,7,10,16,20H,6,8-9H2,1H3,(H-,24,29,31,32);1H/t16-,20-;/m1./s1. The first-order chi connectivity index (χ1) is 16.8. The zero-order valence-electron chi connectivity index (χ0n) is 18.6. The molecule has 15 heteroatoms. The fourth-order valence-corrected chi connectivity index (χ4v) is 5.28. The minimum Gasteiger partial charge on any atom is -0.543 e. The molecule has 0 saturated carbocycles. The molecule has 2 aliphatic rings. The van der Waals surface area contributed by atoms with Crippen molar-refractivity contribution in [3.05, 3.63) is 48.4 Å². The molecule has 1 N–H and O–H groups in total. The molecule has 2 aromatic heterocycles. The van der Waals surface area contributed by atoms with E-state index in [-0.39, 0.29) is 34.6 Å². The van der Waals surface area contributed by atoms with E-state index < -0.39 is 40.7 Å². The number of hydrogen-bond donors (Lipinski definition) is 1. The Morgan fingerprint density at radius 3 is 2.69 bits per heavy atom. The van der Waals surface area contributed by atoms with Crippen LogP contribution in [-0.4, -0.2) is 68.8 Å². The molecule has 12 nitrogen and oxygen atoms in total. The van der Waals surface area contributed by atoms with Gasteiger partial charge in [-0.25, -0.2) is 9.55 Å². The number of oxazole rings is 1. The minimum atomic E-state index is -1.49. The molecule has 1 fully saturated rings. The summed E-state index contributed by atoms with van der Waals surface area (Å²) in [5.74, 6) is -2.74. The van der Waals surface area contributed by atoms with Crippen molar-refractivity contribution < 1.29 is 38.1 Å². The van der Waals surface area contributed by atoms with Crippen molar-refractivity contribution in [3.63, 3.8) is 0 Å². The Hall–Kier alpha value is -3.04. The highest BCUT2D eigenvalue weighted by molar-refractivity contribution is 9.09. The number of amides is 2. The van der Waals surface area contributed by atoms with Crippen molar-refractivity contribution in [3.8, 4) is 11.3 Å². The highest BCUT2D eigenvalue weighted by Crippen LogP contribution is 2.40. The van der Waals surface area contributed by atoms with Crippen LogP contribution in [0.5, 0.6) is 0 Å². The van der Waals surface area contributed by atoms with Crippen LogP contribution in [0, 0.1) is 0 Å². The first-order valence-corrected chi connectivity index (χ1v) is 12.3. The fourth-order valence-electron chi connectivity index (χ4n) is 3.68. The second kappa shape index (κ2) is 11.8. The Balaban J connectivity index is 0.00000361. The van der Waals surface area contributed by atoms with Gasteiger partial charge in [-0.05, 0) is 0 Å². The Kier molecular flexibility index (Phi) is 9.03. The number of nitrogens with zero attached hydrogens (tertiary/aromatic N) is 4. The van der Waals surface area contributed by atoms with Gasteiger partial charge in [0.25, 0.3) is 11.8 Å². The van der Waals surface area contributed by atoms with E-state index >= 15 is 0 Å². The van der Waals surface area contributed by atoms with E-state index in [1.807, 2.05) is 0 Å². The summed E-state index contributed by atoms with van der Waals surface area (Å²) in [6, 6.07) is 2.57. The van der Waals surface area contributed by atoms with Gasteiger partial charge in [0, 0.05) is 29.0 Å². The summed E-state index contributed by atoms with van der Waals surface area (Å²) in [4.78, 5) is 58.7. The van der Waals surface area contributed by atoms with Gasteiger partial charge >= 0.3 is 0 Å². The number of carboxylic acids is 1. The number of oxime groups is 1. The van der Waals surface area contributed by atoms with Crippen molar-refractivity contribution in [2.24, 2.45) is 5.16 Å². The van der Waals surface area contributed by atoms with Crippen molar-refractivity contribution in [1.82, 2.24) is 15.2 Å². The van der Waals surface area contributed by atoms with E-state index in [2.05, 4.69) is 36.2 Å². The van der Waals surface area contributed by atoms with Crippen LogP contribution in [-0.2, 0) is 30.6 Å². The van der Waals surface area contributed by atoms with Gasteiger partial charge in [-0.2, -0.15) is 0 Å². The van der Waals surface area contributed by atoms with Crippen molar-refractivity contribution in [1.29, 1.82) is 0 Å². The Morgan fingerprint density at radius 2 is 2.11 bits per heavy atom. The van der Waals surface area contributed by atoms with Crippen LogP contribution >= 0.6 is 44.7 Å². The Bertz CT molecular complexity index is 1230. The van der Waals surface area contributed by atoms with Crippen LogP contribution in [0.1, 0.15) is 0 Å². The zero-order chi connectivity index (χ0) is 25.1. The third-order valence-corrected chi connectivity index (χ3v) is 7.14. The third-order valence-electron chi connectivity index (χ3n) is 5.29. The van der Waals surface area contributed by atoms with Crippen molar-refractivity contribution in [2.45, 2.75) is 18.0 Å². The average molecular weight is 645 g/mol. The summed E-state index contributed by atoms with van der Waals surface area (Å²) in [6.07, 6.45) is 6.42. The van der Waals surface area contributed by atoms with Crippen LogP contribution in [0.2, 0.25) is 0 Å². The van der Waals surface area contributed by atoms with Gasteiger partial charge in [-0.1, -0.05) is 21.1 Å². The molecule has 0 radical (unpaired) electrons. The number of halogens is 2. The van der Waals surface area contributed by atoms with Gasteiger partial charge in [0.2, 0.25) is 11.5 Å². The number of ketones is 1. The molecule has 2 aromatic rings. The summed E-state index contributed by atoms with van der Waals surface area (Å²) in [6.45, 7) is 0.213. The number of nitrogens with one attached hydrogen (secondary N) is 1. The van der Waals surface area contributed by atoms with Crippen LogP contribution in [0.3, 0.4) is 0 Å². The van der Waals surface area contributed by atoms with Crippen LogP contribution < -0.4 is 15.0 Å². The molecular formula is C21H19Br2N5O7S. The SMILES string of the molecule is Br.CON=C(C(=O)CBr)C(=O)N[C@@H]1C(=O)N2C(C(=O)[O-])=C(C[n+]3ccc(-c4cnco4)cc3)CS[C@H]12. The molecule has 0 bridgehead atoms. The maximum absolute atomic E-state index is 12.8. The molecule has 2 aliphatic heterocycles. The number of pyridine rings is 1. The Morgan fingerprint density at radius 1 is 1.39 bits per heavy atom. The largest absolute Gasteiger partial charge is 0.543 e. The highest BCUT2D eigenvalue weighted by Gasteiger charge is 2.53. The molecule has 0 unspecified atom stereocenters. The number of fused-ring (bicyclic) bond motifs is 1. The molecule has 1 saturated heterocycles. The monoisotopic (exact) mass is 643 g/mol. The lowest BCUT2D eigenvalue weighted by atomic mass is 10.0. The average Bonchev–Trinajstić information content (AvgIpc) is 3.40. The number of carboxylic acid groups (broad SMARTS) is 1. The summed E-state index contributed by atoms with van der Waals surface area (Å²) >= 11 is 4.25. The van der Waals surface area contributed by atoms with E-state index in [4.69, 9.17) is 4.42 Å². The van der Waals surface area contributed by atoms with Gasteiger partial charge in [0.1, 0.15) is 18.5 Å². The topological polar surface area (TPSA) is 158 Å². The predicted octanol–water partition coefficient (Wildman–Crippen LogP) is -0.423. The molecular weight excluding hydrogens is 626 g/mol. The minimum absolute atomic E-state index is 0. The quantitative estimate of drug-likeness (QED) is 0.0955. The van der Waals surface area contributed by atoms with E-state index in [9.17, 15) is 24.3 Å². The maximum Gasteiger partial charge on any atom is 0.277 e. The number of carbonyl (C=O) groups is 4. The molecule has 36 heavy (non-hydrogen) atoms. The maximum atomic E-state index is 12.8. The molecule has 0 aromatic carbocycles. The molecule has 0 aliphatic carbocycles. The van der Waals surface area contributed by atoms with Crippen LogP contribution in [0.4, 0.5) is 0 Å². The number of rotatable bonds is 9. The van der Waals surface area contributed by atoms with Crippen molar-refractivity contribution >= 4 is 74.0 Å². The number of β-lactam (4-membered cyclic amide) rings is 1. The number of aromatic nitrogens is 2. The van der Waals surface area contributed by atoms with E-state index in [1.54, 1.807) is 35.3 Å². The normalized spacial score (nSPS) is 19.1. The molecule has 4 rings (SSSR count). The van der Waals surface area contributed by atoms with E-state index in [0.29, 0.717) is 17.1 Å². The van der Waals surface area contributed by atoms with E-state index in [0.717, 1.165) is 10.5 Å². The Labute approximate surface area is 227 Å². The smallest absolute Gasteiger partial charge is 0.277 e. The van der Waals surface area contributed by atoms with Crippen molar-refractivity contribution in [2.75, 3.05) is 18.2 Å². The summed E-state index contributed by atoms with van der Waals surface area (Å²) in [5, 5.41) is 17.0.